The molecule has 12 heteroatoms. The van der Waals surface area contributed by atoms with E-state index < -0.39 is 79.6 Å². The van der Waals surface area contributed by atoms with Gasteiger partial charge in [0.2, 0.25) is 12.0 Å². The minimum atomic E-state index is -1.82. The molecule has 1 fully saturated rings. The van der Waals surface area contributed by atoms with E-state index >= 15 is 0 Å². The molecule has 2 aliphatic rings. The van der Waals surface area contributed by atoms with Gasteiger partial charge in [-0.25, -0.2) is 4.79 Å². The number of esters is 2. The summed E-state index contributed by atoms with van der Waals surface area (Å²) in [6, 6.07) is 0. The Morgan fingerprint density at radius 2 is 1.43 bits per heavy atom. The molecular formula is C28H48O12. The molecule has 0 aromatic carbocycles. The third-order valence-corrected chi connectivity index (χ3v) is 7.25. The van der Waals surface area contributed by atoms with Gasteiger partial charge in [0.25, 0.3) is 0 Å². The summed E-state index contributed by atoms with van der Waals surface area (Å²) in [5.41, 5.74) is 0. The summed E-state index contributed by atoms with van der Waals surface area (Å²) in [5, 5.41) is 59.7. The van der Waals surface area contributed by atoms with E-state index in [1.165, 1.54) is 57.8 Å². The Hall–Kier alpha value is -1.96. The summed E-state index contributed by atoms with van der Waals surface area (Å²) in [4.78, 5) is 24.2. The van der Waals surface area contributed by atoms with Gasteiger partial charge in [-0.3, -0.25) is 4.79 Å². The molecule has 7 atom stereocenters. The SMILES string of the molecule is CCCCCCCCCCCCCCCC(=O)OC[C@@H](O)C1OC(=O)C(O[C@@H]2O[C@H](CO)[C@@H](O)[C@H](O)[C@H]2O)=C1O. The lowest BCUT2D eigenvalue weighted by atomic mass is 9.99. The van der Waals surface area contributed by atoms with Crippen molar-refractivity contribution in [2.45, 2.75) is 140 Å². The van der Waals surface area contributed by atoms with E-state index in [-0.39, 0.29) is 6.42 Å². The average Bonchev–Trinajstić information content (AvgIpc) is 3.22. The van der Waals surface area contributed by atoms with Crippen molar-refractivity contribution in [1.82, 2.24) is 0 Å². The van der Waals surface area contributed by atoms with Gasteiger partial charge in [-0.2, -0.15) is 0 Å². The van der Waals surface area contributed by atoms with Crippen molar-refractivity contribution in [1.29, 1.82) is 0 Å². The number of carbonyl (C=O) groups is 2. The van der Waals surface area contributed by atoms with Gasteiger partial charge < -0.3 is 49.6 Å². The number of unbranched alkanes of at least 4 members (excludes halogenated alkanes) is 12. The zero-order valence-corrected chi connectivity index (χ0v) is 23.5. The van der Waals surface area contributed by atoms with Crippen LogP contribution in [0.15, 0.2) is 11.5 Å². The quantitative estimate of drug-likeness (QED) is 0.0912. The van der Waals surface area contributed by atoms with E-state index in [2.05, 4.69) is 6.92 Å². The highest BCUT2D eigenvalue weighted by molar-refractivity contribution is 5.89. The monoisotopic (exact) mass is 576 g/mol. The fourth-order valence-electron chi connectivity index (χ4n) is 4.73. The normalized spacial score (nSPS) is 27.5. The zero-order valence-electron chi connectivity index (χ0n) is 23.5. The van der Waals surface area contributed by atoms with Crippen molar-refractivity contribution in [2.75, 3.05) is 13.2 Å². The summed E-state index contributed by atoms with van der Waals surface area (Å²) in [5.74, 6) is -3.31. The van der Waals surface area contributed by atoms with Crippen LogP contribution in [-0.4, -0.2) is 98.7 Å². The van der Waals surface area contributed by atoms with Gasteiger partial charge in [0.15, 0.2) is 11.9 Å². The minimum absolute atomic E-state index is 0.183. The molecule has 6 N–H and O–H groups in total. The summed E-state index contributed by atoms with van der Waals surface area (Å²) in [6.45, 7) is 0.973. The molecule has 0 aromatic heterocycles. The van der Waals surface area contributed by atoms with Gasteiger partial charge in [-0.15, -0.1) is 0 Å². The number of carbonyl (C=O) groups excluding carboxylic acids is 2. The van der Waals surface area contributed by atoms with Crippen LogP contribution < -0.4 is 0 Å². The fraction of sp³-hybridized carbons (Fsp3) is 0.857. The predicted molar refractivity (Wildman–Crippen MR) is 142 cm³/mol. The Balaban J connectivity index is 1.62. The predicted octanol–water partition coefficient (Wildman–Crippen LogP) is 1.88. The molecule has 2 heterocycles. The van der Waals surface area contributed by atoms with Crippen molar-refractivity contribution in [3.63, 3.8) is 0 Å². The first kappa shape index (κ1) is 34.2. The average molecular weight is 577 g/mol. The Bertz CT molecular complexity index is 785. The number of aliphatic hydroxyl groups excluding tert-OH is 6. The first-order valence-corrected chi connectivity index (χ1v) is 14.7. The molecule has 0 amide bonds. The summed E-state index contributed by atoms with van der Waals surface area (Å²) in [7, 11) is 0. The molecule has 2 rings (SSSR count). The van der Waals surface area contributed by atoms with E-state index in [0.717, 1.165) is 19.3 Å². The van der Waals surface area contributed by atoms with E-state index in [9.17, 15) is 40.2 Å². The van der Waals surface area contributed by atoms with Crippen LogP contribution >= 0.6 is 0 Å². The summed E-state index contributed by atoms with van der Waals surface area (Å²) >= 11 is 0. The summed E-state index contributed by atoms with van der Waals surface area (Å²) < 4.78 is 20.3. The number of hydrogen-bond acceptors (Lipinski definition) is 12. The first-order chi connectivity index (χ1) is 19.2. The fourth-order valence-corrected chi connectivity index (χ4v) is 4.73. The van der Waals surface area contributed by atoms with Crippen molar-refractivity contribution < 1.29 is 59.2 Å². The van der Waals surface area contributed by atoms with Crippen LogP contribution in [0, 0.1) is 0 Å². The molecule has 40 heavy (non-hydrogen) atoms. The number of rotatable bonds is 20. The Labute approximate surface area is 235 Å². The lowest BCUT2D eigenvalue weighted by Crippen LogP contribution is -2.59. The van der Waals surface area contributed by atoms with Crippen molar-refractivity contribution in [2.24, 2.45) is 0 Å². The highest BCUT2D eigenvalue weighted by Crippen LogP contribution is 2.29. The maximum atomic E-state index is 12.2. The van der Waals surface area contributed by atoms with Gasteiger partial charge in [0.05, 0.1) is 6.61 Å². The van der Waals surface area contributed by atoms with Crippen LogP contribution in [0.5, 0.6) is 0 Å². The third-order valence-electron chi connectivity index (χ3n) is 7.25. The minimum Gasteiger partial charge on any atom is -0.505 e. The van der Waals surface area contributed by atoms with Gasteiger partial charge in [0, 0.05) is 6.42 Å². The van der Waals surface area contributed by atoms with Gasteiger partial charge in [-0.1, -0.05) is 84.0 Å². The van der Waals surface area contributed by atoms with Gasteiger partial charge in [-0.05, 0) is 6.42 Å². The highest BCUT2D eigenvalue weighted by Gasteiger charge is 2.48. The van der Waals surface area contributed by atoms with Crippen LogP contribution in [0.1, 0.15) is 96.8 Å². The lowest BCUT2D eigenvalue weighted by Gasteiger charge is -2.39. The lowest BCUT2D eigenvalue weighted by molar-refractivity contribution is -0.291. The molecule has 0 radical (unpaired) electrons. The smallest absolute Gasteiger partial charge is 0.378 e. The molecule has 1 saturated heterocycles. The second kappa shape index (κ2) is 18.5. The number of aliphatic hydroxyl groups is 6. The largest absolute Gasteiger partial charge is 0.505 e. The van der Waals surface area contributed by atoms with Gasteiger partial charge in [0.1, 0.15) is 37.1 Å². The zero-order chi connectivity index (χ0) is 29.5. The Morgan fingerprint density at radius 3 is 1.98 bits per heavy atom. The van der Waals surface area contributed by atoms with Crippen LogP contribution in [0.25, 0.3) is 0 Å². The first-order valence-electron chi connectivity index (χ1n) is 14.7. The topological polar surface area (TPSA) is 192 Å². The van der Waals surface area contributed by atoms with Crippen molar-refractivity contribution in [3.05, 3.63) is 11.5 Å². The van der Waals surface area contributed by atoms with E-state index in [0.29, 0.717) is 6.42 Å². The standard InChI is InChI=1S/C28H48O12/c1-2-3-4-5-6-7-8-9-10-11-12-13-14-15-20(31)37-17-18(30)25-24(35)26(27(36)39-25)40-28-23(34)22(33)21(32)19(16-29)38-28/h18-19,21-23,25,28-30,32-35H,2-17H2,1H3/t18-,19-,21-,22+,23-,25?,28+/m1/s1. The Morgan fingerprint density at radius 1 is 0.875 bits per heavy atom. The molecule has 0 aliphatic carbocycles. The molecule has 2 aliphatic heterocycles. The van der Waals surface area contributed by atoms with Crippen LogP contribution in [0.4, 0.5) is 0 Å². The second-order valence-electron chi connectivity index (χ2n) is 10.6. The molecule has 0 spiro atoms. The van der Waals surface area contributed by atoms with E-state index in [4.69, 9.17) is 18.9 Å². The van der Waals surface area contributed by atoms with E-state index in [1.807, 2.05) is 0 Å². The number of ether oxygens (including phenoxy) is 4. The molecule has 1 unspecified atom stereocenters. The van der Waals surface area contributed by atoms with Crippen LogP contribution in [-0.2, 0) is 28.5 Å². The molecule has 232 valence electrons. The van der Waals surface area contributed by atoms with Crippen molar-refractivity contribution in [3.8, 4) is 0 Å². The summed E-state index contributed by atoms with van der Waals surface area (Å²) in [6.07, 6.45) is 4.16. The second-order valence-corrected chi connectivity index (χ2v) is 10.6. The molecule has 12 nitrogen and oxygen atoms in total. The maximum absolute atomic E-state index is 12.2. The van der Waals surface area contributed by atoms with Crippen LogP contribution in [0.3, 0.4) is 0 Å². The molecule has 0 saturated carbocycles. The highest BCUT2D eigenvalue weighted by atomic mass is 16.7. The number of cyclic esters (lactones) is 1. The molecule has 0 aromatic rings. The van der Waals surface area contributed by atoms with E-state index in [1.54, 1.807) is 0 Å². The third kappa shape index (κ3) is 10.8. The van der Waals surface area contributed by atoms with Crippen molar-refractivity contribution >= 4 is 11.9 Å². The molecule has 0 bridgehead atoms. The molecular weight excluding hydrogens is 528 g/mol. The van der Waals surface area contributed by atoms with Gasteiger partial charge >= 0.3 is 11.9 Å². The number of hydrogen-bond donors (Lipinski definition) is 6. The Kier molecular flexibility index (Phi) is 15.8. The van der Waals surface area contributed by atoms with Crippen LogP contribution in [0.2, 0.25) is 0 Å². The maximum Gasteiger partial charge on any atom is 0.378 e.